The van der Waals surface area contributed by atoms with Gasteiger partial charge >= 0.3 is 12.1 Å². The fraction of sp³-hybridized carbons (Fsp3) is 0.750. The molecule has 4 atom stereocenters. The average molecular weight is 538 g/mol. The Morgan fingerprint density at radius 3 is 2.58 bits per heavy atom. The number of hydrogen-bond acceptors (Lipinski definition) is 6. The van der Waals surface area contributed by atoms with Crippen LogP contribution in [-0.2, 0) is 38.2 Å². The van der Waals surface area contributed by atoms with Gasteiger partial charge in [0, 0.05) is 62.2 Å². The number of halogens is 3. The van der Waals surface area contributed by atoms with E-state index in [9.17, 15) is 22.8 Å². The molecule has 0 radical (unpaired) electrons. The van der Waals surface area contributed by atoms with Crippen LogP contribution in [0.2, 0.25) is 0 Å². The maximum atomic E-state index is 14.0. The minimum absolute atomic E-state index is 0.0435. The van der Waals surface area contributed by atoms with Gasteiger partial charge in [-0.1, -0.05) is 13.8 Å². The quantitative estimate of drug-likeness (QED) is 0.569. The Hall–Kier alpha value is -2.20. The van der Waals surface area contributed by atoms with Crippen molar-refractivity contribution in [3.05, 3.63) is 29.1 Å². The largest absolute Gasteiger partial charge is 0.463 e. The summed E-state index contributed by atoms with van der Waals surface area (Å²) in [6, 6.07) is 1.58. The number of nitrogens with zero attached hydrogens (tertiary/aromatic N) is 2. The van der Waals surface area contributed by atoms with Gasteiger partial charge in [-0.15, -0.1) is 0 Å². The topological polar surface area (TPSA) is 80.8 Å². The second kappa shape index (κ2) is 10.4. The summed E-state index contributed by atoms with van der Waals surface area (Å²) in [5, 5.41) is 3.87. The second-order valence-electron chi connectivity index (χ2n) is 12.0. The van der Waals surface area contributed by atoms with Crippen molar-refractivity contribution in [1.29, 1.82) is 0 Å². The van der Waals surface area contributed by atoms with E-state index in [1.54, 1.807) is 4.90 Å². The lowest BCUT2D eigenvalue weighted by Crippen LogP contribution is -2.57. The summed E-state index contributed by atoms with van der Waals surface area (Å²) < 4.78 is 51.1. The molecule has 3 heterocycles. The normalized spacial score (nSPS) is 33.2. The predicted octanol–water partition coefficient (Wildman–Crippen LogP) is 4.13. The molecule has 5 rings (SSSR count). The first-order valence-electron chi connectivity index (χ1n) is 13.8. The number of alkyl halides is 3. The molecule has 7 nitrogen and oxygen atoms in total. The molecule has 210 valence electrons. The van der Waals surface area contributed by atoms with E-state index >= 15 is 0 Å². The van der Waals surface area contributed by atoms with Gasteiger partial charge in [-0.25, -0.2) is 0 Å². The summed E-state index contributed by atoms with van der Waals surface area (Å²) in [4.78, 5) is 31.3. The molecule has 1 aromatic heterocycles. The lowest BCUT2D eigenvalue weighted by molar-refractivity contribution is -0.155. The van der Waals surface area contributed by atoms with E-state index in [0.717, 1.165) is 37.9 Å². The van der Waals surface area contributed by atoms with E-state index in [1.807, 2.05) is 0 Å². The Morgan fingerprint density at radius 2 is 1.95 bits per heavy atom. The molecule has 2 aliphatic carbocycles. The first kappa shape index (κ1) is 27.4. The van der Waals surface area contributed by atoms with Crippen molar-refractivity contribution < 1.29 is 32.2 Å². The van der Waals surface area contributed by atoms with Crippen molar-refractivity contribution >= 4 is 11.9 Å². The average Bonchev–Trinajstić information content (AvgIpc) is 3.27. The second-order valence-corrected chi connectivity index (χ2v) is 12.0. The summed E-state index contributed by atoms with van der Waals surface area (Å²) in [6.07, 6.45) is 0.697. The van der Waals surface area contributed by atoms with Crippen molar-refractivity contribution in [2.75, 3.05) is 19.8 Å². The molecular weight excluding hydrogens is 499 g/mol. The molecule has 2 aliphatic heterocycles. The van der Waals surface area contributed by atoms with Crippen molar-refractivity contribution in [3.8, 4) is 0 Å². The standard InChI is InChI=1S/C28H38F3N3O4/c1-16(2)27(26(36)34-7-5-24-18(13-34)8-21(12-32-24)28(29,30)31)6-4-22(11-27)33-25-19-9-23(38-17(3)35)10-20(25)15-37-14-19/h8,12,16,19-20,22-23,25,33H,4-7,9-11,13-15H2,1-3H3/t19?,20?,22-,23?,25?,27+/m1/s1. The van der Waals surface area contributed by atoms with Crippen LogP contribution < -0.4 is 5.32 Å². The molecule has 1 amide bonds. The number of ether oxygens (including phenoxy) is 2. The van der Waals surface area contributed by atoms with Crippen LogP contribution in [0, 0.1) is 23.2 Å². The smallest absolute Gasteiger partial charge is 0.417 e. The third-order valence-electron chi connectivity index (χ3n) is 9.31. The van der Waals surface area contributed by atoms with Crippen LogP contribution in [0.25, 0.3) is 0 Å². The molecule has 0 aromatic carbocycles. The molecule has 0 spiro atoms. The zero-order valence-corrected chi connectivity index (χ0v) is 22.4. The molecular formula is C28H38F3N3O4. The minimum atomic E-state index is -4.46. The van der Waals surface area contributed by atoms with Gasteiger partial charge in [-0.3, -0.25) is 14.6 Å². The first-order chi connectivity index (χ1) is 18.0. The number of esters is 1. The van der Waals surface area contributed by atoms with Crippen molar-refractivity contribution in [3.63, 3.8) is 0 Å². The molecule has 4 aliphatic rings. The van der Waals surface area contributed by atoms with E-state index in [4.69, 9.17) is 9.47 Å². The van der Waals surface area contributed by atoms with Crippen LogP contribution in [-0.4, -0.2) is 59.7 Å². The fourth-order valence-electron chi connectivity index (χ4n) is 7.29. The van der Waals surface area contributed by atoms with Crippen molar-refractivity contribution in [1.82, 2.24) is 15.2 Å². The van der Waals surface area contributed by atoms with Gasteiger partial charge in [-0.05, 0) is 49.7 Å². The number of pyridine rings is 1. The molecule has 1 saturated heterocycles. The lowest BCUT2D eigenvalue weighted by Gasteiger charge is -2.46. The van der Waals surface area contributed by atoms with E-state index in [2.05, 4.69) is 24.1 Å². The molecule has 1 aromatic rings. The van der Waals surface area contributed by atoms with Crippen LogP contribution in [0.3, 0.4) is 0 Å². The highest BCUT2D eigenvalue weighted by Gasteiger charge is 2.51. The van der Waals surface area contributed by atoms with Gasteiger partial charge in [-0.2, -0.15) is 13.2 Å². The minimum Gasteiger partial charge on any atom is -0.463 e. The zero-order chi connectivity index (χ0) is 27.2. The maximum absolute atomic E-state index is 14.0. The highest BCUT2D eigenvalue weighted by Crippen LogP contribution is 2.47. The number of nitrogens with one attached hydrogen (secondary N) is 1. The number of carbonyl (C=O) groups is 2. The zero-order valence-electron chi connectivity index (χ0n) is 22.4. The third-order valence-corrected chi connectivity index (χ3v) is 9.31. The van der Waals surface area contributed by atoms with Crippen molar-refractivity contribution in [2.24, 2.45) is 23.2 Å². The van der Waals surface area contributed by atoms with E-state index in [1.165, 1.54) is 6.92 Å². The number of amides is 1. The van der Waals surface area contributed by atoms with Gasteiger partial charge in [0.25, 0.3) is 0 Å². The molecule has 2 saturated carbocycles. The lowest BCUT2D eigenvalue weighted by atomic mass is 9.73. The Balaban J connectivity index is 1.27. The molecule has 3 fully saturated rings. The SMILES string of the molecule is CC(=O)OC1CC2COCC(C1)C2N[C@@H]1CC[C@@](C(=O)N2CCc3ncc(C(F)(F)F)cc3C2)(C(C)C)C1. The Morgan fingerprint density at radius 1 is 1.24 bits per heavy atom. The monoisotopic (exact) mass is 537 g/mol. The summed E-state index contributed by atoms with van der Waals surface area (Å²) in [6.45, 7) is 7.51. The number of carbonyl (C=O) groups excluding carboxylic acids is 2. The van der Waals surface area contributed by atoms with Crippen LogP contribution in [0.15, 0.2) is 12.3 Å². The molecule has 10 heteroatoms. The molecule has 38 heavy (non-hydrogen) atoms. The van der Waals surface area contributed by atoms with Crippen LogP contribution >= 0.6 is 0 Å². The van der Waals surface area contributed by atoms with E-state index in [-0.39, 0.29) is 54.4 Å². The van der Waals surface area contributed by atoms with Crippen LogP contribution in [0.1, 0.15) is 69.7 Å². The van der Waals surface area contributed by atoms with Gasteiger partial charge in [0.1, 0.15) is 6.10 Å². The summed E-state index contributed by atoms with van der Waals surface area (Å²) in [5.74, 6) is 0.408. The van der Waals surface area contributed by atoms with Gasteiger partial charge in [0.2, 0.25) is 5.91 Å². The summed E-state index contributed by atoms with van der Waals surface area (Å²) in [5.41, 5.74) is -0.189. The number of fused-ring (bicyclic) bond motifs is 3. The summed E-state index contributed by atoms with van der Waals surface area (Å²) >= 11 is 0. The van der Waals surface area contributed by atoms with E-state index < -0.39 is 17.2 Å². The Labute approximate surface area is 221 Å². The maximum Gasteiger partial charge on any atom is 0.417 e. The highest BCUT2D eigenvalue weighted by molar-refractivity contribution is 5.83. The van der Waals surface area contributed by atoms with E-state index in [0.29, 0.717) is 43.9 Å². The van der Waals surface area contributed by atoms with Crippen molar-refractivity contribution in [2.45, 2.75) is 90.2 Å². The number of hydrogen-bond donors (Lipinski definition) is 1. The van der Waals surface area contributed by atoms with Gasteiger partial charge in [0.15, 0.2) is 0 Å². The van der Waals surface area contributed by atoms with Gasteiger partial charge in [0.05, 0.1) is 24.2 Å². The number of rotatable bonds is 5. The molecule has 2 bridgehead atoms. The predicted molar refractivity (Wildman–Crippen MR) is 133 cm³/mol. The van der Waals surface area contributed by atoms with Gasteiger partial charge < -0.3 is 19.7 Å². The highest BCUT2D eigenvalue weighted by atomic mass is 19.4. The molecule has 1 N–H and O–H groups in total. The Kier molecular flexibility index (Phi) is 7.50. The summed E-state index contributed by atoms with van der Waals surface area (Å²) in [7, 11) is 0. The number of aromatic nitrogens is 1. The Bertz CT molecular complexity index is 1050. The first-order valence-corrected chi connectivity index (χ1v) is 13.8. The fourth-order valence-corrected chi connectivity index (χ4v) is 7.29. The third kappa shape index (κ3) is 5.30. The van der Waals surface area contributed by atoms with Crippen LogP contribution in [0.5, 0.6) is 0 Å². The molecule has 2 unspecified atom stereocenters. The van der Waals surface area contributed by atoms with Crippen LogP contribution in [0.4, 0.5) is 13.2 Å².